The van der Waals surface area contributed by atoms with Crippen molar-refractivity contribution in [2.45, 2.75) is 58.5 Å². The lowest BCUT2D eigenvalue weighted by Gasteiger charge is -2.41. The molecule has 0 spiro atoms. The van der Waals surface area contributed by atoms with Crippen LogP contribution in [-0.4, -0.2) is 64.1 Å². The molecule has 3 aromatic rings. The number of rotatable bonds is 8. The molecule has 2 fully saturated rings. The van der Waals surface area contributed by atoms with Crippen LogP contribution in [0.25, 0.3) is 11.4 Å². The molecule has 10 heteroatoms. The summed E-state index contributed by atoms with van der Waals surface area (Å²) in [5.41, 5.74) is 0.278. The molecule has 7 nitrogen and oxygen atoms in total. The Balaban J connectivity index is 1.64. The summed E-state index contributed by atoms with van der Waals surface area (Å²) < 4.78 is 51.4. The summed E-state index contributed by atoms with van der Waals surface area (Å²) in [4.78, 5) is 20.5. The molecule has 0 saturated carbocycles. The van der Waals surface area contributed by atoms with Crippen molar-refractivity contribution in [2.24, 2.45) is 11.3 Å². The Morgan fingerprint density at radius 1 is 1.18 bits per heavy atom. The van der Waals surface area contributed by atoms with E-state index in [9.17, 15) is 18.0 Å². The van der Waals surface area contributed by atoms with E-state index in [1.54, 1.807) is 9.58 Å². The molecule has 0 bridgehead atoms. The van der Waals surface area contributed by atoms with Crippen molar-refractivity contribution in [1.29, 1.82) is 0 Å². The van der Waals surface area contributed by atoms with Crippen LogP contribution in [0, 0.1) is 23.0 Å². The molecule has 2 saturated heterocycles. The molecule has 1 aromatic heterocycles. The molecule has 214 valence electrons. The van der Waals surface area contributed by atoms with E-state index in [4.69, 9.17) is 9.72 Å². The summed E-state index contributed by atoms with van der Waals surface area (Å²) >= 11 is 0. The van der Waals surface area contributed by atoms with Gasteiger partial charge in [-0.15, -0.1) is 0 Å². The van der Waals surface area contributed by atoms with Gasteiger partial charge in [-0.25, -0.2) is 22.8 Å². The normalized spacial score (nSPS) is 22.0. The molecular weight excluding hydrogens is 519 g/mol. The van der Waals surface area contributed by atoms with Crippen LogP contribution >= 0.6 is 0 Å². The van der Waals surface area contributed by atoms with Gasteiger partial charge >= 0.3 is 0 Å². The summed E-state index contributed by atoms with van der Waals surface area (Å²) in [7, 11) is 0. The van der Waals surface area contributed by atoms with Crippen LogP contribution in [0.3, 0.4) is 0 Å². The van der Waals surface area contributed by atoms with Crippen molar-refractivity contribution in [3.63, 3.8) is 0 Å². The molecule has 2 aromatic carbocycles. The Hall–Kier alpha value is -3.24. The van der Waals surface area contributed by atoms with E-state index >= 15 is 0 Å². The van der Waals surface area contributed by atoms with Gasteiger partial charge in [0.15, 0.2) is 11.6 Å². The number of carbonyl (C=O) groups excluding carboxylic acids is 1. The van der Waals surface area contributed by atoms with Crippen molar-refractivity contribution in [2.75, 3.05) is 26.2 Å². The minimum Gasteiger partial charge on any atom is -0.368 e. The second-order valence-electron chi connectivity index (χ2n) is 11.8. The number of nitrogens with one attached hydrogen (secondary N) is 1. The van der Waals surface area contributed by atoms with Crippen molar-refractivity contribution < 1.29 is 22.7 Å². The van der Waals surface area contributed by atoms with Crippen LogP contribution in [0.4, 0.5) is 13.2 Å². The molecule has 0 unspecified atom stereocenters. The zero-order chi connectivity index (χ0) is 28.4. The largest absolute Gasteiger partial charge is 0.368 e. The predicted octanol–water partition coefficient (Wildman–Crippen LogP) is 4.92. The van der Waals surface area contributed by atoms with E-state index in [-0.39, 0.29) is 30.4 Å². The van der Waals surface area contributed by atoms with E-state index in [1.165, 1.54) is 0 Å². The lowest BCUT2D eigenvalue weighted by atomic mass is 9.83. The van der Waals surface area contributed by atoms with Gasteiger partial charge in [-0.3, -0.25) is 4.79 Å². The van der Waals surface area contributed by atoms with E-state index < -0.39 is 41.3 Å². The summed E-state index contributed by atoms with van der Waals surface area (Å²) in [5.74, 6) is -1.44. The highest BCUT2D eigenvalue weighted by Gasteiger charge is 2.44. The smallest absolute Gasteiger partial charge is 0.252 e. The SMILES string of the molecule is CC(C)(C)[C@H](c1nc(-c2cc(F)ccc2F)nn1Cc1ccccc1)N(C[C@H]1CNC[C@@H]1F)C(=O)[C@@H]1CCCO1. The summed E-state index contributed by atoms with van der Waals surface area (Å²) in [6, 6.07) is 12.1. The second-order valence-corrected chi connectivity index (χ2v) is 11.8. The molecule has 5 rings (SSSR count). The molecular formula is C30H36F3N5O2. The first-order valence-corrected chi connectivity index (χ1v) is 13.8. The Morgan fingerprint density at radius 2 is 1.95 bits per heavy atom. The second kappa shape index (κ2) is 11.7. The van der Waals surface area contributed by atoms with Gasteiger partial charge in [0, 0.05) is 32.2 Å². The van der Waals surface area contributed by atoms with Crippen LogP contribution in [0.2, 0.25) is 0 Å². The van der Waals surface area contributed by atoms with Crippen LogP contribution in [0.1, 0.15) is 51.0 Å². The maximum atomic E-state index is 14.9. The average Bonchev–Trinajstić information content (AvgIpc) is 3.67. The topological polar surface area (TPSA) is 72.3 Å². The van der Waals surface area contributed by atoms with Crippen molar-refractivity contribution in [1.82, 2.24) is 25.0 Å². The number of ether oxygens (including phenoxy) is 1. The van der Waals surface area contributed by atoms with Crippen molar-refractivity contribution in [3.05, 3.63) is 71.6 Å². The van der Waals surface area contributed by atoms with Gasteiger partial charge in [-0.2, -0.15) is 5.10 Å². The Morgan fingerprint density at radius 3 is 2.60 bits per heavy atom. The maximum Gasteiger partial charge on any atom is 0.252 e. The number of halogens is 3. The fraction of sp³-hybridized carbons (Fsp3) is 0.500. The molecule has 2 aliphatic heterocycles. The van der Waals surface area contributed by atoms with Gasteiger partial charge in [-0.1, -0.05) is 51.1 Å². The van der Waals surface area contributed by atoms with Crippen molar-refractivity contribution >= 4 is 5.91 Å². The Labute approximate surface area is 232 Å². The molecule has 3 heterocycles. The first kappa shape index (κ1) is 28.3. The van der Waals surface area contributed by atoms with Gasteiger partial charge in [0.1, 0.15) is 23.9 Å². The first-order valence-electron chi connectivity index (χ1n) is 13.8. The molecule has 1 amide bonds. The summed E-state index contributed by atoms with van der Waals surface area (Å²) in [6.45, 7) is 7.59. The summed E-state index contributed by atoms with van der Waals surface area (Å²) in [6.07, 6.45) is -0.360. The molecule has 0 aliphatic carbocycles. The van der Waals surface area contributed by atoms with Crippen molar-refractivity contribution in [3.8, 4) is 11.4 Å². The van der Waals surface area contributed by atoms with Crippen LogP contribution in [0.5, 0.6) is 0 Å². The number of hydrogen-bond acceptors (Lipinski definition) is 5. The maximum absolute atomic E-state index is 14.9. The number of aromatic nitrogens is 3. The Kier molecular flexibility index (Phi) is 8.28. The van der Waals surface area contributed by atoms with Gasteiger partial charge in [0.05, 0.1) is 18.2 Å². The highest BCUT2D eigenvalue weighted by Crippen LogP contribution is 2.40. The van der Waals surface area contributed by atoms with Gasteiger partial charge < -0.3 is 15.0 Å². The third-order valence-electron chi connectivity index (χ3n) is 7.60. The number of amides is 1. The monoisotopic (exact) mass is 555 g/mol. The third-order valence-corrected chi connectivity index (χ3v) is 7.60. The molecule has 40 heavy (non-hydrogen) atoms. The average molecular weight is 556 g/mol. The molecule has 2 aliphatic rings. The van der Waals surface area contributed by atoms with Crippen LogP contribution in [-0.2, 0) is 16.1 Å². The molecule has 4 atom stereocenters. The minimum atomic E-state index is -1.10. The quantitative estimate of drug-likeness (QED) is 0.427. The number of carbonyl (C=O) groups is 1. The Bertz CT molecular complexity index is 1320. The van der Waals surface area contributed by atoms with E-state index in [0.29, 0.717) is 31.9 Å². The van der Waals surface area contributed by atoms with Gasteiger partial charge in [-0.05, 0) is 42.0 Å². The number of benzene rings is 2. The first-order chi connectivity index (χ1) is 19.1. The van der Waals surface area contributed by atoms with E-state index in [2.05, 4.69) is 10.4 Å². The third kappa shape index (κ3) is 6.07. The van der Waals surface area contributed by atoms with Gasteiger partial charge in [0.2, 0.25) is 0 Å². The highest BCUT2D eigenvalue weighted by atomic mass is 19.1. The number of alkyl halides is 1. The zero-order valence-electron chi connectivity index (χ0n) is 23.1. The predicted molar refractivity (Wildman–Crippen MR) is 145 cm³/mol. The van der Waals surface area contributed by atoms with Crippen LogP contribution in [0.15, 0.2) is 48.5 Å². The van der Waals surface area contributed by atoms with E-state index in [0.717, 1.165) is 30.2 Å². The zero-order valence-corrected chi connectivity index (χ0v) is 23.1. The minimum absolute atomic E-state index is 0.0209. The molecule has 1 N–H and O–H groups in total. The number of nitrogens with zero attached hydrogens (tertiary/aromatic N) is 4. The number of hydrogen-bond donors (Lipinski definition) is 1. The van der Waals surface area contributed by atoms with E-state index in [1.807, 2.05) is 51.1 Å². The lowest BCUT2D eigenvalue weighted by molar-refractivity contribution is -0.147. The fourth-order valence-electron chi connectivity index (χ4n) is 5.62. The van der Waals surface area contributed by atoms with Gasteiger partial charge in [0.25, 0.3) is 5.91 Å². The summed E-state index contributed by atoms with van der Waals surface area (Å²) in [5, 5.41) is 7.72. The lowest BCUT2D eigenvalue weighted by Crippen LogP contribution is -2.49. The van der Waals surface area contributed by atoms with Crippen LogP contribution < -0.4 is 5.32 Å². The molecule has 0 radical (unpaired) electrons. The highest BCUT2D eigenvalue weighted by molar-refractivity contribution is 5.81. The fourth-order valence-corrected chi connectivity index (χ4v) is 5.62. The standard InChI is InChI=1S/C30H36F3N5O2/c1-30(2,3)26(37(18-20-15-34-16-24(20)33)29(39)25-10-7-13-40-25)28-35-27(22-14-21(31)11-12-23(22)32)36-38(28)17-19-8-5-4-6-9-19/h4-6,8-9,11-12,14,20,24-26,34H,7,10,13,15-18H2,1-3H3/t20-,24+,25+,26+/m1/s1.